The number of amides is 2. The zero-order valence-corrected chi connectivity index (χ0v) is 21.2. The molecule has 0 aromatic heterocycles. The Labute approximate surface area is 217 Å². The van der Waals surface area contributed by atoms with Gasteiger partial charge in [-0.25, -0.2) is 0 Å². The molecule has 7 nitrogen and oxygen atoms in total. The van der Waals surface area contributed by atoms with Gasteiger partial charge < -0.3 is 21.3 Å². The van der Waals surface area contributed by atoms with Crippen molar-refractivity contribution in [2.45, 2.75) is 26.7 Å². The second-order valence-corrected chi connectivity index (χ2v) is 9.02. The topological polar surface area (TPSA) is 105 Å². The van der Waals surface area contributed by atoms with Gasteiger partial charge >= 0.3 is 0 Å². The van der Waals surface area contributed by atoms with Gasteiger partial charge in [-0.15, -0.1) is 0 Å². The Kier molecular flexibility index (Phi) is 8.15. The predicted molar refractivity (Wildman–Crippen MR) is 148 cm³/mol. The fourth-order valence-electron chi connectivity index (χ4n) is 4.43. The van der Waals surface area contributed by atoms with Crippen LogP contribution in [0.3, 0.4) is 0 Å². The number of carbonyl (C=O) groups excluding carboxylic acids is 3. The van der Waals surface area contributed by atoms with Crippen LogP contribution in [0.25, 0.3) is 5.57 Å². The van der Waals surface area contributed by atoms with Crippen LogP contribution in [0.4, 0.5) is 11.4 Å². The van der Waals surface area contributed by atoms with Gasteiger partial charge in [-0.2, -0.15) is 0 Å². The Morgan fingerprint density at radius 2 is 1.65 bits per heavy atom. The molecule has 1 heterocycles. The SMILES string of the molecule is CCN(CC)CCCc1ccc(N/C=C2\C(=O)Nc3cc(C(=O)c4cccc(C(N)=O)c4)ccc32)cc1. The number of anilines is 2. The van der Waals surface area contributed by atoms with E-state index in [0.717, 1.165) is 38.2 Å². The van der Waals surface area contributed by atoms with E-state index < -0.39 is 5.91 Å². The Morgan fingerprint density at radius 1 is 0.946 bits per heavy atom. The lowest BCUT2D eigenvalue weighted by Crippen LogP contribution is -2.24. The lowest BCUT2D eigenvalue weighted by Gasteiger charge is -2.17. The third kappa shape index (κ3) is 6.13. The highest BCUT2D eigenvalue weighted by molar-refractivity contribution is 6.32. The fourth-order valence-corrected chi connectivity index (χ4v) is 4.43. The third-order valence-corrected chi connectivity index (χ3v) is 6.65. The lowest BCUT2D eigenvalue weighted by molar-refractivity contribution is -0.110. The molecule has 1 aliphatic heterocycles. The summed E-state index contributed by atoms with van der Waals surface area (Å²) in [7, 11) is 0. The molecule has 2 amide bonds. The molecule has 0 bridgehead atoms. The van der Waals surface area contributed by atoms with Crippen LogP contribution in [0.5, 0.6) is 0 Å². The van der Waals surface area contributed by atoms with E-state index >= 15 is 0 Å². The zero-order valence-electron chi connectivity index (χ0n) is 21.2. The molecule has 7 heteroatoms. The van der Waals surface area contributed by atoms with Gasteiger partial charge in [0.1, 0.15) is 0 Å². The molecule has 0 spiro atoms. The van der Waals surface area contributed by atoms with Crippen LogP contribution in [0.15, 0.2) is 72.9 Å². The zero-order chi connectivity index (χ0) is 26.4. The Balaban J connectivity index is 1.43. The maximum Gasteiger partial charge on any atom is 0.257 e. The number of hydrogen-bond acceptors (Lipinski definition) is 5. The normalized spacial score (nSPS) is 13.5. The summed E-state index contributed by atoms with van der Waals surface area (Å²) in [6.07, 6.45) is 3.84. The van der Waals surface area contributed by atoms with E-state index in [1.807, 2.05) is 12.1 Å². The van der Waals surface area contributed by atoms with Crippen molar-refractivity contribution in [2.24, 2.45) is 5.73 Å². The summed E-state index contributed by atoms with van der Waals surface area (Å²) >= 11 is 0. The van der Waals surface area contributed by atoms with Crippen LogP contribution in [-0.4, -0.2) is 42.1 Å². The Bertz CT molecular complexity index is 1340. The van der Waals surface area contributed by atoms with Crippen molar-refractivity contribution in [3.8, 4) is 0 Å². The van der Waals surface area contributed by atoms with Crippen molar-refractivity contribution in [3.63, 3.8) is 0 Å². The van der Waals surface area contributed by atoms with Gasteiger partial charge in [0, 0.05) is 39.8 Å². The Hall–Kier alpha value is -4.23. The number of nitrogens with one attached hydrogen (secondary N) is 2. The van der Waals surface area contributed by atoms with Crippen molar-refractivity contribution in [1.82, 2.24) is 4.90 Å². The van der Waals surface area contributed by atoms with Crippen molar-refractivity contribution in [3.05, 3.63) is 101 Å². The first kappa shape index (κ1) is 25.9. The number of hydrogen-bond donors (Lipinski definition) is 3. The molecule has 0 aliphatic carbocycles. The third-order valence-electron chi connectivity index (χ3n) is 6.65. The molecular weight excluding hydrogens is 464 g/mol. The van der Waals surface area contributed by atoms with Gasteiger partial charge in [0.2, 0.25) is 5.91 Å². The molecule has 1 aliphatic rings. The van der Waals surface area contributed by atoms with E-state index in [1.165, 1.54) is 11.6 Å². The lowest BCUT2D eigenvalue weighted by atomic mass is 9.98. The van der Waals surface area contributed by atoms with Gasteiger partial charge in [-0.3, -0.25) is 14.4 Å². The van der Waals surface area contributed by atoms with E-state index in [1.54, 1.807) is 42.6 Å². The molecule has 0 fully saturated rings. The maximum atomic E-state index is 13.0. The number of nitrogens with two attached hydrogens (primary N) is 1. The van der Waals surface area contributed by atoms with Crippen LogP contribution in [0, 0.1) is 0 Å². The van der Waals surface area contributed by atoms with Crippen molar-refractivity contribution < 1.29 is 14.4 Å². The van der Waals surface area contributed by atoms with Gasteiger partial charge in [-0.1, -0.05) is 50.2 Å². The largest absolute Gasteiger partial charge is 0.366 e. The minimum atomic E-state index is -0.594. The first-order chi connectivity index (χ1) is 17.9. The minimum absolute atomic E-state index is 0.240. The standard InChI is InChI=1S/C30H32N4O3/c1-3-34(4-2)16-6-7-20-10-13-24(14-11-20)32-19-26-25-15-12-22(18-27(25)33-30(26)37)28(35)21-8-5-9-23(17-21)29(31)36/h5,8-15,17-19,32H,3-4,6-7,16H2,1-2H3,(H2,31,36)(H,33,37)/b26-19-. The average Bonchev–Trinajstić information content (AvgIpc) is 3.24. The van der Waals surface area contributed by atoms with Gasteiger partial charge in [0.15, 0.2) is 5.78 Å². The van der Waals surface area contributed by atoms with Crippen LogP contribution in [0.1, 0.15) is 57.7 Å². The van der Waals surface area contributed by atoms with E-state index in [0.29, 0.717) is 28.0 Å². The number of nitrogens with zero attached hydrogens (tertiary/aromatic N) is 1. The number of ketones is 1. The molecule has 37 heavy (non-hydrogen) atoms. The first-order valence-corrected chi connectivity index (χ1v) is 12.6. The minimum Gasteiger partial charge on any atom is -0.366 e. The van der Waals surface area contributed by atoms with Crippen LogP contribution in [-0.2, 0) is 11.2 Å². The van der Waals surface area contributed by atoms with Gasteiger partial charge in [0.25, 0.3) is 5.91 Å². The molecule has 0 saturated heterocycles. The highest BCUT2D eigenvalue weighted by Gasteiger charge is 2.25. The van der Waals surface area contributed by atoms with Crippen molar-refractivity contribution >= 4 is 34.5 Å². The van der Waals surface area contributed by atoms with Crippen LogP contribution >= 0.6 is 0 Å². The monoisotopic (exact) mass is 496 g/mol. The van der Waals surface area contributed by atoms with Crippen LogP contribution in [0.2, 0.25) is 0 Å². The summed E-state index contributed by atoms with van der Waals surface area (Å²) in [5.41, 5.74) is 10.3. The smallest absolute Gasteiger partial charge is 0.257 e. The van der Waals surface area contributed by atoms with Gasteiger partial charge in [0.05, 0.1) is 5.57 Å². The highest BCUT2D eigenvalue weighted by atomic mass is 16.2. The van der Waals surface area contributed by atoms with E-state index in [-0.39, 0.29) is 17.3 Å². The van der Waals surface area contributed by atoms with Crippen LogP contribution < -0.4 is 16.4 Å². The second-order valence-electron chi connectivity index (χ2n) is 9.02. The molecule has 3 aromatic rings. The molecule has 3 aromatic carbocycles. The highest BCUT2D eigenvalue weighted by Crippen LogP contribution is 2.33. The molecule has 0 radical (unpaired) electrons. The first-order valence-electron chi connectivity index (χ1n) is 12.6. The molecule has 0 atom stereocenters. The molecule has 190 valence electrons. The summed E-state index contributed by atoms with van der Waals surface area (Å²) in [4.78, 5) is 39.5. The molecule has 4 N–H and O–H groups in total. The van der Waals surface area contributed by atoms with E-state index in [4.69, 9.17) is 5.73 Å². The summed E-state index contributed by atoms with van der Waals surface area (Å²) < 4.78 is 0. The number of fused-ring (bicyclic) bond motifs is 1. The molecule has 0 unspecified atom stereocenters. The quantitative estimate of drug-likeness (QED) is 0.264. The molecule has 4 rings (SSSR count). The van der Waals surface area contributed by atoms with Gasteiger partial charge in [-0.05, 0) is 68.4 Å². The number of rotatable bonds is 11. The number of benzene rings is 3. The van der Waals surface area contributed by atoms with E-state index in [2.05, 4.69) is 41.5 Å². The number of aryl methyl sites for hydroxylation is 1. The summed E-state index contributed by atoms with van der Waals surface area (Å²) in [5.74, 6) is -1.09. The molecule has 0 saturated carbocycles. The maximum absolute atomic E-state index is 13.0. The summed E-state index contributed by atoms with van der Waals surface area (Å²) in [6, 6.07) is 19.6. The Morgan fingerprint density at radius 3 is 2.35 bits per heavy atom. The predicted octanol–water partition coefficient (Wildman–Crippen LogP) is 4.70. The summed E-state index contributed by atoms with van der Waals surface area (Å²) in [5, 5.41) is 6.05. The average molecular weight is 497 g/mol. The molecular formula is C30H32N4O3. The summed E-state index contributed by atoms with van der Waals surface area (Å²) in [6.45, 7) is 7.63. The van der Waals surface area contributed by atoms with Crippen molar-refractivity contribution in [2.75, 3.05) is 30.3 Å². The van der Waals surface area contributed by atoms with Crippen molar-refractivity contribution in [1.29, 1.82) is 0 Å². The second kappa shape index (κ2) is 11.7. The number of carbonyl (C=O) groups is 3. The van der Waals surface area contributed by atoms with E-state index in [9.17, 15) is 14.4 Å². The number of primary amides is 1. The fraction of sp³-hybridized carbons (Fsp3) is 0.233.